The van der Waals surface area contributed by atoms with Gasteiger partial charge in [-0.1, -0.05) is 6.07 Å². The SMILES string of the molecule is CCNC(=NCc1c(F)cccc1OC(F)F)NC(C)c1ccc(C)o1.I. The number of ether oxygens (including phenoxy) is 1. The van der Waals surface area contributed by atoms with Crippen molar-refractivity contribution >= 4 is 29.9 Å². The molecule has 5 nitrogen and oxygen atoms in total. The molecule has 0 aliphatic rings. The predicted molar refractivity (Wildman–Crippen MR) is 108 cm³/mol. The molecule has 1 atom stereocenters. The number of aliphatic imine (C=N–C) groups is 1. The molecule has 0 spiro atoms. The van der Waals surface area contributed by atoms with Crippen molar-refractivity contribution in [2.24, 2.45) is 4.99 Å². The number of alkyl halides is 2. The van der Waals surface area contributed by atoms with E-state index >= 15 is 0 Å². The number of halogens is 4. The Balaban J connectivity index is 0.00000364. The molecule has 9 heteroatoms. The smallest absolute Gasteiger partial charge is 0.387 e. The van der Waals surface area contributed by atoms with E-state index in [0.29, 0.717) is 12.5 Å². The summed E-state index contributed by atoms with van der Waals surface area (Å²) >= 11 is 0. The standard InChI is InChI=1S/C18H22F3N3O2.HI/c1-4-22-18(24-12(3)15-9-8-11(2)25-15)23-10-13-14(19)6-5-7-16(13)26-17(20)21;/h5-9,12,17H,4,10H2,1-3H3,(H2,22,23,24);1H. The van der Waals surface area contributed by atoms with Gasteiger partial charge in [0, 0.05) is 6.54 Å². The van der Waals surface area contributed by atoms with E-state index < -0.39 is 12.4 Å². The summed E-state index contributed by atoms with van der Waals surface area (Å²) in [6.07, 6.45) is 0. The summed E-state index contributed by atoms with van der Waals surface area (Å²) in [7, 11) is 0. The summed E-state index contributed by atoms with van der Waals surface area (Å²) in [4.78, 5) is 4.27. The summed E-state index contributed by atoms with van der Waals surface area (Å²) in [6.45, 7) is 3.00. The maximum Gasteiger partial charge on any atom is 0.387 e. The maximum absolute atomic E-state index is 14.0. The Bertz CT molecular complexity index is 753. The van der Waals surface area contributed by atoms with Gasteiger partial charge in [0.1, 0.15) is 23.1 Å². The molecule has 150 valence electrons. The molecule has 0 aliphatic carbocycles. The van der Waals surface area contributed by atoms with Gasteiger partial charge in [0.2, 0.25) is 0 Å². The van der Waals surface area contributed by atoms with Crippen molar-refractivity contribution in [1.29, 1.82) is 0 Å². The van der Waals surface area contributed by atoms with Gasteiger partial charge in [0.05, 0.1) is 18.2 Å². The van der Waals surface area contributed by atoms with Crippen molar-refractivity contribution in [3.63, 3.8) is 0 Å². The van der Waals surface area contributed by atoms with Crippen molar-refractivity contribution in [2.75, 3.05) is 6.54 Å². The highest BCUT2D eigenvalue weighted by atomic mass is 127. The molecule has 2 aromatic rings. The lowest BCUT2D eigenvalue weighted by atomic mass is 10.2. The van der Waals surface area contributed by atoms with Crippen LogP contribution in [0.15, 0.2) is 39.7 Å². The van der Waals surface area contributed by atoms with Crippen LogP contribution in [-0.4, -0.2) is 19.1 Å². The van der Waals surface area contributed by atoms with Gasteiger partial charge in [-0.2, -0.15) is 8.78 Å². The van der Waals surface area contributed by atoms with Crippen LogP contribution >= 0.6 is 24.0 Å². The van der Waals surface area contributed by atoms with Gasteiger partial charge in [-0.3, -0.25) is 0 Å². The molecule has 2 rings (SSSR count). The number of furan rings is 1. The molecule has 0 fully saturated rings. The van der Waals surface area contributed by atoms with Crippen LogP contribution in [0.1, 0.15) is 37.0 Å². The van der Waals surface area contributed by atoms with E-state index in [0.717, 1.165) is 11.5 Å². The van der Waals surface area contributed by atoms with Crippen LogP contribution in [-0.2, 0) is 6.54 Å². The number of nitrogens with one attached hydrogen (secondary N) is 2. The molecule has 0 aliphatic heterocycles. The number of benzene rings is 1. The third kappa shape index (κ3) is 6.96. The van der Waals surface area contributed by atoms with E-state index in [-0.39, 0.29) is 47.9 Å². The Labute approximate surface area is 173 Å². The van der Waals surface area contributed by atoms with Crippen LogP contribution in [0.5, 0.6) is 5.75 Å². The first kappa shape index (κ1) is 23.1. The zero-order chi connectivity index (χ0) is 19.1. The van der Waals surface area contributed by atoms with E-state index in [2.05, 4.69) is 20.4 Å². The molecule has 1 unspecified atom stereocenters. The van der Waals surface area contributed by atoms with E-state index in [1.165, 1.54) is 18.2 Å². The van der Waals surface area contributed by atoms with E-state index in [1.54, 1.807) is 0 Å². The normalized spacial score (nSPS) is 12.5. The lowest BCUT2D eigenvalue weighted by molar-refractivity contribution is -0.0506. The summed E-state index contributed by atoms with van der Waals surface area (Å²) in [5.41, 5.74) is -0.0356. The second-order valence-electron chi connectivity index (χ2n) is 5.60. The van der Waals surface area contributed by atoms with Crippen molar-refractivity contribution in [1.82, 2.24) is 10.6 Å². The third-order valence-corrected chi connectivity index (χ3v) is 3.57. The highest BCUT2D eigenvalue weighted by Crippen LogP contribution is 2.24. The molecule has 0 amide bonds. The molecular weight excluding hydrogens is 474 g/mol. The number of hydrogen-bond donors (Lipinski definition) is 2. The topological polar surface area (TPSA) is 58.8 Å². The fourth-order valence-electron chi connectivity index (χ4n) is 2.34. The highest BCUT2D eigenvalue weighted by Gasteiger charge is 2.15. The number of rotatable bonds is 7. The minimum Gasteiger partial charge on any atom is -0.464 e. The largest absolute Gasteiger partial charge is 0.464 e. The van der Waals surface area contributed by atoms with E-state index in [9.17, 15) is 13.2 Å². The average molecular weight is 497 g/mol. The van der Waals surface area contributed by atoms with Crippen molar-refractivity contribution in [2.45, 2.75) is 40.0 Å². The molecule has 1 aromatic carbocycles. The molecule has 27 heavy (non-hydrogen) atoms. The fourth-order valence-corrected chi connectivity index (χ4v) is 2.34. The Morgan fingerprint density at radius 3 is 2.59 bits per heavy atom. The van der Waals surface area contributed by atoms with Gasteiger partial charge in [-0.05, 0) is 45.0 Å². The quantitative estimate of drug-likeness (QED) is 0.329. The van der Waals surface area contributed by atoms with Crippen molar-refractivity contribution < 1.29 is 22.3 Å². The zero-order valence-electron chi connectivity index (χ0n) is 15.3. The molecule has 1 heterocycles. The highest BCUT2D eigenvalue weighted by molar-refractivity contribution is 14.0. The summed E-state index contributed by atoms with van der Waals surface area (Å²) < 4.78 is 48.9. The van der Waals surface area contributed by atoms with Gasteiger partial charge in [0.15, 0.2) is 5.96 Å². The Kier molecular flexibility index (Phi) is 9.47. The summed E-state index contributed by atoms with van der Waals surface area (Å²) in [5, 5.41) is 6.16. The molecule has 0 saturated carbocycles. The molecule has 0 bridgehead atoms. The maximum atomic E-state index is 14.0. The minimum absolute atomic E-state index is 0. The van der Waals surface area contributed by atoms with Crippen LogP contribution in [0.4, 0.5) is 13.2 Å². The van der Waals surface area contributed by atoms with Crippen LogP contribution in [0.2, 0.25) is 0 Å². The lowest BCUT2D eigenvalue weighted by Crippen LogP contribution is -2.38. The zero-order valence-corrected chi connectivity index (χ0v) is 17.6. The van der Waals surface area contributed by atoms with Crippen molar-refractivity contribution in [3.8, 4) is 5.75 Å². The second-order valence-corrected chi connectivity index (χ2v) is 5.60. The predicted octanol–water partition coefficient (Wildman–Crippen LogP) is 4.76. The monoisotopic (exact) mass is 497 g/mol. The molecule has 0 radical (unpaired) electrons. The molecule has 1 aromatic heterocycles. The summed E-state index contributed by atoms with van der Waals surface area (Å²) in [5.74, 6) is 1.03. The van der Waals surface area contributed by atoms with Gasteiger partial charge < -0.3 is 19.8 Å². The van der Waals surface area contributed by atoms with E-state index in [4.69, 9.17) is 4.42 Å². The Morgan fingerprint density at radius 2 is 2.00 bits per heavy atom. The summed E-state index contributed by atoms with van der Waals surface area (Å²) in [6, 6.07) is 7.30. The van der Waals surface area contributed by atoms with Gasteiger partial charge in [-0.25, -0.2) is 9.38 Å². The molecule has 0 saturated heterocycles. The fraction of sp³-hybridized carbons (Fsp3) is 0.389. The van der Waals surface area contributed by atoms with Gasteiger partial charge in [-0.15, -0.1) is 24.0 Å². The third-order valence-electron chi connectivity index (χ3n) is 3.57. The first-order chi connectivity index (χ1) is 12.4. The van der Waals surface area contributed by atoms with Gasteiger partial charge >= 0.3 is 6.61 Å². The lowest BCUT2D eigenvalue weighted by Gasteiger charge is -2.16. The van der Waals surface area contributed by atoms with Crippen LogP contribution in [0.3, 0.4) is 0 Å². The average Bonchev–Trinajstić information content (AvgIpc) is 3.00. The molecule has 2 N–H and O–H groups in total. The van der Waals surface area contributed by atoms with Gasteiger partial charge in [0.25, 0.3) is 0 Å². The van der Waals surface area contributed by atoms with Crippen LogP contribution in [0.25, 0.3) is 0 Å². The first-order valence-electron chi connectivity index (χ1n) is 8.24. The van der Waals surface area contributed by atoms with Crippen LogP contribution < -0.4 is 15.4 Å². The minimum atomic E-state index is -3.03. The number of guanidine groups is 1. The Hall–Kier alpha value is -1.91. The Morgan fingerprint density at radius 1 is 1.26 bits per heavy atom. The second kappa shape index (κ2) is 11.1. The van der Waals surface area contributed by atoms with Crippen LogP contribution in [0, 0.1) is 12.7 Å². The number of nitrogens with zero attached hydrogens (tertiary/aromatic N) is 1. The number of hydrogen-bond acceptors (Lipinski definition) is 3. The first-order valence-corrected chi connectivity index (χ1v) is 8.24. The van der Waals surface area contributed by atoms with Crippen molar-refractivity contribution in [3.05, 3.63) is 53.2 Å². The molecular formula is C18H23F3IN3O2. The number of aryl methyl sites for hydroxylation is 1. The van der Waals surface area contributed by atoms with E-state index in [1.807, 2.05) is 32.9 Å².